The fourth-order valence-electron chi connectivity index (χ4n) is 2.25. The van der Waals surface area contributed by atoms with Gasteiger partial charge >= 0.3 is 0 Å². The fourth-order valence-corrected chi connectivity index (χ4v) is 2.25. The van der Waals surface area contributed by atoms with Gasteiger partial charge in [0.25, 0.3) is 0 Å². The summed E-state index contributed by atoms with van der Waals surface area (Å²) >= 11 is 0. The zero-order valence-electron chi connectivity index (χ0n) is 10.5. The molecule has 1 aliphatic rings. The summed E-state index contributed by atoms with van der Waals surface area (Å²) in [7, 11) is 0. The number of hydrogen-bond donors (Lipinski definition) is 1. The third-order valence-electron chi connectivity index (χ3n) is 3.60. The molecule has 1 heterocycles. The number of halogens is 1. The van der Waals surface area contributed by atoms with E-state index >= 15 is 0 Å². The van der Waals surface area contributed by atoms with Crippen molar-refractivity contribution in [2.24, 2.45) is 5.41 Å². The van der Waals surface area contributed by atoms with E-state index in [1.165, 1.54) is 12.3 Å². The predicted octanol–water partition coefficient (Wildman–Crippen LogP) is 2.84. The van der Waals surface area contributed by atoms with Gasteiger partial charge in [-0.05, 0) is 25.5 Å². The van der Waals surface area contributed by atoms with Gasteiger partial charge in [-0.2, -0.15) is 0 Å². The summed E-state index contributed by atoms with van der Waals surface area (Å²) in [5, 5.41) is 3.33. The number of pyridine rings is 1. The van der Waals surface area contributed by atoms with Gasteiger partial charge in [0.05, 0.1) is 12.3 Å². The van der Waals surface area contributed by atoms with E-state index in [2.05, 4.69) is 24.1 Å². The first-order valence-electron chi connectivity index (χ1n) is 6.03. The number of nitrogens with zero attached hydrogens (tertiary/aromatic N) is 1. The maximum absolute atomic E-state index is 12.7. The molecular weight excluding hydrogens is 219 g/mol. The van der Waals surface area contributed by atoms with Gasteiger partial charge < -0.3 is 10.1 Å². The Labute approximate surface area is 101 Å². The fraction of sp³-hybridized carbons (Fsp3) is 0.615. The Morgan fingerprint density at radius 2 is 2.29 bits per heavy atom. The number of aromatic nitrogens is 1. The van der Waals surface area contributed by atoms with Crippen molar-refractivity contribution in [3.63, 3.8) is 0 Å². The maximum atomic E-state index is 12.7. The Kier molecular flexibility index (Phi) is 3.33. The van der Waals surface area contributed by atoms with Crippen molar-refractivity contribution in [2.45, 2.75) is 39.3 Å². The highest BCUT2D eigenvalue weighted by atomic mass is 19.1. The van der Waals surface area contributed by atoms with E-state index in [0.717, 1.165) is 18.8 Å². The van der Waals surface area contributed by atoms with Gasteiger partial charge in [-0.3, -0.25) is 0 Å². The molecule has 1 aromatic heterocycles. The van der Waals surface area contributed by atoms with E-state index in [-0.39, 0.29) is 11.2 Å². The third-order valence-corrected chi connectivity index (χ3v) is 3.60. The van der Waals surface area contributed by atoms with Crippen LogP contribution in [-0.2, 0) is 4.74 Å². The Hall–Kier alpha value is -1.16. The smallest absolute Gasteiger partial charge is 0.141 e. The zero-order chi connectivity index (χ0) is 12.5. The van der Waals surface area contributed by atoms with Gasteiger partial charge in [0, 0.05) is 18.1 Å². The van der Waals surface area contributed by atoms with Crippen LogP contribution in [0.2, 0.25) is 0 Å². The van der Waals surface area contributed by atoms with E-state index < -0.39 is 0 Å². The molecule has 0 radical (unpaired) electrons. The lowest BCUT2D eigenvalue weighted by atomic mass is 9.64. The van der Waals surface area contributed by atoms with Crippen molar-refractivity contribution in [1.29, 1.82) is 0 Å². The van der Waals surface area contributed by atoms with Crippen LogP contribution in [0.5, 0.6) is 0 Å². The van der Waals surface area contributed by atoms with E-state index in [1.807, 2.05) is 6.92 Å². The van der Waals surface area contributed by atoms with Gasteiger partial charge in [-0.25, -0.2) is 9.37 Å². The number of nitrogens with one attached hydrogen (secondary N) is 1. The van der Waals surface area contributed by atoms with E-state index in [1.54, 1.807) is 6.07 Å². The van der Waals surface area contributed by atoms with Crippen LogP contribution in [0.15, 0.2) is 18.3 Å². The molecule has 17 heavy (non-hydrogen) atoms. The summed E-state index contributed by atoms with van der Waals surface area (Å²) in [6, 6.07) is 3.41. The van der Waals surface area contributed by atoms with Crippen LogP contribution < -0.4 is 5.32 Å². The molecule has 0 saturated heterocycles. The first kappa shape index (κ1) is 12.3. The molecule has 1 fully saturated rings. The second-order valence-corrected chi connectivity index (χ2v) is 5.06. The monoisotopic (exact) mass is 238 g/mol. The summed E-state index contributed by atoms with van der Waals surface area (Å²) in [4.78, 5) is 4.01. The molecule has 1 N–H and O–H groups in total. The molecule has 3 nitrogen and oxygen atoms in total. The number of ether oxygens (including phenoxy) is 1. The van der Waals surface area contributed by atoms with E-state index in [4.69, 9.17) is 4.74 Å². The summed E-state index contributed by atoms with van der Waals surface area (Å²) in [6.07, 6.45) is 2.50. The van der Waals surface area contributed by atoms with E-state index in [0.29, 0.717) is 12.1 Å². The summed E-state index contributed by atoms with van der Waals surface area (Å²) < 4.78 is 18.4. The lowest BCUT2D eigenvalue weighted by Gasteiger charge is -2.51. The molecule has 0 amide bonds. The average Bonchev–Trinajstić information content (AvgIpc) is 2.30. The standard InChI is InChI=1S/C13H19FN2O/c1-4-17-11-7-10(13(11,2)3)16-12-6-5-9(14)8-15-12/h5-6,8,10-11H,4,7H2,1-3H3,(H,15,16). The zero-order valence-corrected chi connectivity index (χ0v) is 10.5. The molecule has 2 rings (SSSR count). The van der Waals surface area contributed by atoms with Crippen molar-refractivity contribution < 1.29 is 9.13 Å². The van der Waals surface area contributed by atoms with Crippen LogP contribution in [0.1, 0.15) is 27.2 Å². The van der Waals surface area contributed by atoms with Crippen LogP contribution in [0.3, 0.4) is 0 Å². The number of anilines is 1. The van der Waals surface area contributed by atoms with Crippen molar-refractivity contribution in [3.05, 3.63) is 24.1 Å². The van der Waals surface area contributed by atoms with Crippen LogP contribution in [-0.4, -0.2) is 23.7 Å². The topological polar surface area (TPSA) is 34.1 Å². The summed E-state index contributed by atoms with van der Waals surface area (Å²) in [5.74, 6) is 0.412. The van der Waals surface area contributed by atoms with Gasteiger partial charge in [-0.15, -0.1) is 0 Å². The Morgan fingerprint density at radius 1 is 1.53 bits per heavy atom. The van der Waals surface area contributed by atoms with Crippen LogP contribution in [0.25, 0.3) is 0 Å². The van der Waals surface area contributed by atoms with Gasteiger partial charge in [0.2, 0.25) is 0 Å². The largest absolute Gasteiger partial charge is 0.378 e. The summed E-state index contributed by atoms with van der Waals surface area (Å²) in [6.45, 7) is 7.12. The minimum absolute atomic E-state index is 0.0894. The Balaban J connectivity index is 1.95. The van der Waals surface area contributed by atoms with Crippen LogP contribution in [0, 0.1) is 11.2 Å². The lowest BCUT2D eigenvalue weighted by molar-refractivity contribution is -0.0976. The predicted molar refractivity (Wildman–Crippen MR) is 65.4 cm³/mol. The van der Waals surface area contributed by atoms with Gasteiger partial charge in [0.1, 0.15) is 11.6 Å². The molecular formula is C13H19FN2O. The lowest BCUT2D eigenvalue weighted by Crippen LogP contribution is -2.58. The molecule has 2 unspecified atom stereocenters. The molecule has 94 valence electrons. The molecule has 1 saturated carbocycles. The Morgan fingerprint density at radius 3 is 2.82 bits per heavy atom. The van der Waals surface area contributed by atoms with Crippen LogP contribution >= 0.6 is 0 Å². The highest BCUT2D eigenvalue weighted by molar-refractivity contribution is 5.37. The molecule has 1 aromatic rings. The molecule has 4 heteroatoms. The minimum Gasteiger partial charge on any atom is -0.378 e. The molecule has 0 aliphatic heterocycles. The highest BCUT2D eigenvalue weighted by Gasteiger charge is 2.48. The quantitative estimate of drug-likeness (QED) is 0.875. The number of rotatable bonds is 4. The first-order valence-corrected chi connectivity index (χ1v) is 6.03. The third kappa shape index (κ3) is 2.41. The van der Waals surface area contributed by atoms with E-state index in [9.17, 15) is 4.39 Å². The molecule has 0 aromatic carbocycles. The van der Waals surface area contributed by atoms with Gasteiger partial charge in [0.15, 0.2) is 0 Å². The maximum Gasteiger partial charge on any atom is 0.141 e. The normalized spacial score (nSPS) is 26.4. The molecule has 0 spiro atoms. The van der Waals surface area contributed by atoms with Crippen molar-refractivity contribution in [2.75, 3.05) is 11.9 Å². The van der Waals surface area contributed by atoms with Gasteiger partial charge in [-0.1, -0.05) is 13.8 Å². The second-order valence-electron chi connectivity index (χ2n) is 5.06. The van der Waals surface area contributed by atoms with Crippen LogP contribution in [0.4, 0.5) is 10.2 Å². The van der Waals surface area contributed by atoms with Crippen molar-refractivity contribution in [3.8, 4) is 0 Å². The SMILES string of the molecule is CCOC1CC(Nc2ccc(F)cn2)C1(C)C. The highest BCUT2D eigenvalue weighted by Crippen LogP contribution is 2.44. The molecule has 2 atom stereocenters. The molecule has 0 bridgehead atoms. The number of hydrogen-bond acceptors (Lipinski definition) is 3. The first-order chi connectivity index (χ1) is 8.04. The molecule has 1 aliphatic carbocycles. The average molecular weight is 238 g/mol. The summed E-state index contributed by atoms with van der Waals surface area (Å²) in [5.41, 5.74) is 0.0894. The minimum atomic E-state index is -0.310. The Bertz CT molecular complexity index is 378. The second kappa shape index (κ2) is 4.61. The van der Waals surface area contributed by atoms with Crippen molar-refractivity contribution >= 4 is 5.82 Å². The van der Waals surface area contributed by atoms with Crippen molar-refractivity contribution in [1.82, 2.24) is 4.98 Å².